The number of carboxylic acids is 1. The highest BCUT2D eigenvalue weighted by Gasteiger charge is 2.43. The Morgan fingerprint density at radius 1 is 1.00 bits per heavy atom. The molecular formula is C21H15Cl3N2O5S. The Morgan fingerprint density at radius 3 is 2.41 bits per heavy atom. The molecule has 3 aromatic carbocycles. The molecule has 1 aliphatic rings. The molecule has 1 unspecified atom stereocenters. The van der Waals surface area contributed by atoms with Gasteiger partial charge in [0.25, 0.3) is 0 Å². The molecule has 0 spiro atoms. The monoisotopic (exact) mass is 512 g/mol. The van der Waals surface area contributed by atoms with Gasteiger partial charge in [-0.15, -0.1) is 0 Å². The van der Waals surface area contributed by atoms with Crippen LogP contribution in [0.15, 0.2) is 65.6 Å². The van der Waals surface area contributed by atoms with Gasteiger partial charge in [0, 0.05) is 16.6 Å². The van der Waals surface area contributed by atoms with Gasteiger partial charge in [0.05, 0.1) is 10.7 Å². The molecule has 0 aromatic heterocycles. The van der Waals surface area contributed by atoms with Crippen molar-refractivity contribution in [3.63, 3.8) is 0 Å². The molecule has 2 N–H and O–H groups in total. The minimum Gasteiger partial charge on any atom is -0.479 e. The molecule has 3 aromatic rings. The average Bonchev–Trinajstić information content (AvgIpc) is 2.71. The Morgan fingerprint density at radius 2 is 1.72 bits per heavy atom. The SMILES string of the molecule is O=C(O)C1Nc2cc(Cl)cc(Cl)c2S(=O)(=O)N1Cc1cccc(Oc2ccc(Cl)cc2)c1. The van der Waals surface area contributed by atoms with E-state index in [0.717, 1.165) is 4.31 Å². The van der Waals surface area contributed by atoms with Crippen LogP contribution in [-0.2, 0) is 21.4 Å². The van der Waals surface area contributed by atoms with Crippen molar-refractivity contribution in [1.82, 2.24) is 4.31 Å². The topological polar surface area (TPSA) is 95.9 Å². The maximum absolute atomic E-state index is 13.3. The number of hydrogen-bond donors (Lipinski definition) is 2. The minimum absolute atomic E-state index is 0.0333. The highest BCUT2D eigenvalue weighted by molar-refractivity contribution is 7.89. The Hall–Kier alpha value is -2.49. The Bertz CT molecular complexity index is 1300. The lowest BCUT2D eigenvalue weighted by molar-refractivity contribution is -0.140. The second kappa shape index (κ2) is 8.80. The molecule has 1 aliphatic heterocycles. The van der Waals surface area contributed by atoms with Crippen molar-refractivity contribution in [3.8, 4) is 11.5 Å². The molecule has 0 radical (unpaired) electrons. The van der Waals surface area contributed by atoms with Gasteiger partial charge in [-0.3, -0.25) is 0 Å². The van der Waals surface area contributed by atoms with Crippen LogP contribution in [0.3, 0.4) is 0 Å². The van der Waals surface area contributed by atoms with Crippen molar-refractivity contribution in [1.29, 1.82) is 0 Å². The van der Waals surface area contributed by atoms with Crippen LogP contribution in [0.4, 0.5) is 5.69 Å². The number of fused-ring (bicyclic) bond motifs is 1. The van der Waals surface area contributed by atoms with Crippen LogP contribution in [0.25, 0.3) is 0 Å². The molecule has 1 atom stereocenters. The summed E-state index contributed by atoms with van der Waals surface area (Å²) in [5.74, 6) is -0.381. The molecule has 7 nitrogen and oxygen atoms in total. The normalized spacial score (nSPS) is 17.3. The summed E-state index contributed by atoms with van der Waals surface area (Å²) in [6, 6.07) is 16.0. The zero-order chi connectivity index (χ0) is 23.0. The first-order valence-electron chi connectivity index (χ1n) is 9.18. The number of hydrogen-bond acceptors (Lipinski definition) is 5. The number of sulfonamides is 1. The number of rotatable bonds is 5. The largest absolute Gasteiger partial charge is 0.479 e. The number of benzene rings is 3. The highest BCUT2D eigenvalue weighted by Crippen LogP contribution is 2.40. The van der Waals surface area contributed by atoms with Gasteiger partial charge in [-0.1, -0.05) is 46.9 Å². The number of nitrogens with zero attached hydrogens (tertiary/aromatic N) is 1. The van der Waals surface area contributed by atoms with Crippen molar-refractivity contribution in [3.05, 3.63) is 81.3 Å². The standard InChI is InChI=1S/C21H15Cl3N2O5S/c22-13-4-6-15(7-5-13)31-16-3-1-2-12(8-16)11-26-20(21(27)28)25-18-10-14(23)9-17(24)19(18)32(26,29)30/h1-10,20,25H,11H2,(H,27,28). The van der Waals surface area contributed by atoms with E-state index < -0.39 is 22.2 Å². The van der Waals surface area contributed by atoms with Gasteiger partial charge in [-0.05, 0) is 54.1 Å². The Balaban J connectivity index is 1.68. The van der Waals surface area contributed by atoms with Crippen LogP contribution in [0.5, 0.6) is 11.5 Å². The fraction of sp³-hybridized carbons (Fsp3) is 0.0952. The minimum atomic E-state index is -4.26. The molecule has 4 rings (SSSR count). The summed E-state index contributed by atoms with van der Waals surface area (Å²) in [5.41, 5.74) is 0.549. The number of ether oxygens (including phenoxy) is 1. The number of halogens is 3. The van der Waals surface area contributed by atoms with Crippen molar-refractivity contribution in [2.24, 2.45) is 0 Å². The lowest BCUT2D eigenvalue weighted by Crippen LogP contribution is -2.52. The van der Waals surface area contributed by atoms with Crippen LogP contribution in [0.1, 0.15) is 5.56 Å². The predicted molar refractivity (Wildman–Crippen MR) is 122 cm³/mol. The van der Waals surface area contributed by atoms with E-state index in [9.17, 15) is 18.3 Å². The third kappa shape index (κ3) is 4.51. The Kier molecular flexibility index (Phi) is 6.24. The van der Waals surface area contributed by atoms with E-state index in [2.05, 4.69) is 5.32 Å². The average molecular weight is 514 g/mol. The van der Waals surface area contributed by atoms with Gasteiger partial charge in [0.1, 0.15) is 16.4 Å². The first kappa shape index (κ1) is 22.7. The van der Waals surface area contributed by atoms with Gasteiger partial charge in [-0.2, -0.15) is 4.31 Å². The smallest absolute Gasteiger partial charge is 0.342 e. The van der Waals surface area contributed by atoms with Crippen molar-refractivity contribution < 1.29 is 23.1 Å². The molecule has 166 valence electrons. The van der Waals surface area contributed by atoms with E-state index in [1.54, 1.807) is 48.5 Å². The molecule has 1 heterocycles. The van der Waals surface area contributed by atoms with Crippen molar-refractivity contribution >= 4 is 56.5 Å². The van der Waals surface area contributed by atoms with Crippen LogP contribution in [0, 0.1) is 0 Å². The van der Waals surface area contributed by atoms with E-state index >= 15 is 0 Å². The molecule has 32 heavy (non-hydrogen) atoms. The summed E-state index contributed by atoms with van der Waals surface area (Å²) in [6.07, 6.45) is -1.55. The third-order valence-electron chi connectivity index (χ3n) is 4.68. The first-order chi connectivity index (χ1) is 15.1. The molecule has 0 saturated heterocycles. The van der Waals surface area contributed by atoms with Gasteiger partial charge < -0.3 is 15.2 Å². The number of carbonyl (C=O) groups is 1. The summed E-state index contributed by atoms with van der Waals surface area (Å²) in [6.45, 7) is -0.234. The van der Waals surface area contributed by atoms with Gasteiger partial charge in [0.15, 0.2) is 6.17 Å². The van der Waals surface area contributed by atoms with Crippen LogP contribution >= 0.6 is 34.8 Å². The molecule has 0 saturated carbocycles. The summed E-state index contributed by atoms with van der Waals surface area (Å²) < 4.78 is 33.2. The van der Waals surface area contributed by atoms with Gasteiger partial charge in [-0.25, -0.2) is 13.2 Å². The second-order valence-corrected chi connectivity index (χ2v) is 10.0. The van der Waals surface area contributed by atoms with E-state index in [4.69, 9.17) is 39.5 Å². The van der Waals surface area contributed by atoms with Crippen molar-refractivity contribution in [2.45, 2.75) is 17.6 Å². The number of aliphatic carboxylic acids is 1. The number of anilines is 1. The fourth-order valence-electron chi connectivity index (χ4n) is 3.29. The second-order valence-electron chi connectivity index (χ2n) is 6.90. The summed E-state index contributed by atoms with van der Waals surface area (Å²) in [7, 11) is -4.26. The summed E-state index contributed by atoms with van der Waals surface area (Å²) >= 11 is 18.0. The zero-order valence-electron chi connectivity index (χ0n) is 16.1. The van der Waals surface area contributed by atoms with Gasteiger partial charge >= 0.3 is 5.97 Å². The molecule has 0 aliphatic carbocycles. The molecule has 0 amide bonds. The zero-order valence-corrected chi connectivity index (χ0v) is 19.2. The maximum atomic E-state index is 13.3. The first-order valence-corrected chi connectivity index (χ1v) is 11.7. The molecule has 0 bridgehead atoms. The predicted octanol–water partition coefficient (Wildman–Crippen LogP) is 5.47. The van der Waals surface area contributed by atoms with E-state index in [1.165, 1.54) is 12.1 Å². The quantitative estimate of drug-likeness (QED) is 0.470. The van der Waals surface area contributed by atoms with Crippen LogP contribution in [0.2, 0.25) is 15.1 Å². The molecule has 0 fully saturated rings. The lowest BCUT2D eigenvalue weighted by Gasteiger charge is -2.35. The van der Waals surface area contributed by atoms with E-state index in [1.807, 2.05) is 0 Å². The van der Waals surface area contributed by atoms with Crippen LogP contribution < -0.4 is 10.1 Å². The molecular weight excluding hydrogens is 499 g/mol. The molecule has 11 heteroatoms. The van der Waals surface area contributed by atoms with Crippen molar-refractivity contribution in [2.75, 3.05) is 5.32 Å². The van der Waals surface area contributed by atoms with Crippen LogP contribution in [-0.4, -0.2) is 30.0 Å². The maximum Gasteiger partial charge on any atom is 0.342 e. The highest BCUT2D eigenvalue weighted by atomic mass is 35.5. The summed E-state index contributed by atoms with van der Waals surface area (Å²) in [4.78, 5) is 11.7. The fourth-order valence-corrected chi connectivity index (χ4v) is 5.88. The van der Waals surface area contributed by atoms with Gasteiger partial charge in [0.2, 0.25) is 10.0 Å². The summed E-state index contributed by atoms with van der Waals surface area (Å²) in [5, 5.41) is 13.0. The number of carboxylic acid groups (broad SMARTS) is 1. The Labute approximate surface area is 199 Å². The lowest BCUT2D eigenvalue weighted by atomic mass is 10.2. The third-order valence-corrected chi connectivity index (χ3v) is 7.47. The van der Waals surface area contributed by atoms with E-state index in [-0.39, 0.29) is 27.2 Å². The number of nitrogens with one attached hydrogen (secondary N) is 1. The van der Waals surface area contributed by atoms with E-state index in [0.29, 0.717) is 22.1 Å².